The van der Waals surface area contributed by atoms with Crippen LogP contribution in [0.1, 0.15) is 66.2 Å². The first-order chi connectivity index (χ1) is 24.7. The van der Waals surface area contributed by atoms with Gasteiger partial charge in [-0.1, -0.05) is 36.7 Å². The highest BCUT2D eigenvalue weighted by atomic mass is 35.5. The van der Waals surface area contributed by atoms with Gasteiger partial charge in [0.05, 0.1) is 22.8 Å². The zero-order valence-corrected chi connectivity index (χ0v) is 30.5. The second-order valence-electron chi connectivity index (χ2n) is 13.9. The molecule has 51 heavy (non-hydrogen) atoms. The van der Waals surface area contributed by atoms with Crippen LogP contribution in [-0.4, -0.2) is 88.2 Å². The number of benzene rings is 3. The van der Waals surface area contributed by atoms with Crippen LogP contribution in [0.4, 0.5) is 4.39 Å². The molecule has 2 aromatic heterocycles. The maximum atomic E-state index is 13.8. The van der Waals surface area contributed by atoms with Gasteiger partial charge in [-0.05, 0) is 86.9 Å². The van der Waals surface area contributed by atoms with Gasteiger partial charge < -0.3 is 28.9 Å². The van der Waals surface area contributed by atoms with Crippen LogP contribution in [0.3, 0.4) is 0 Å². The Balaban J connectivity index is 1.27. The van der Waals surface area contributed by atoms with Gasteiger partial charge in [0, 0.05) is 80.5 Å². The molecule has 4 heterocycles. The summed E-state index contributed by atoms with van der Waals surface area (Å²) in [5.74, 6) is -0.572. The van der Waals surface area contributed by atoms with E-state index in [2.05, 4.69) is 23.8 Å². The summed E-state index contributed by atoms with van der Waals surface area (Å²) in [4.78, 5) is 18.0. The molecule has 5 aromatic rings. The molecule has 1 saturated heterocycles. The van der Waals surface area contributed by atoms with Gasteiger partial charge in [-0.3, -0.25) is 4.68 Å². The van der Waals surface area contributed by atoms with E-state index in [1.54, 1.807) is 6.07 Å². The normalized spacial score (nSPS) is 17.5. The Labute approximate surface area is 303 Å². The van der Waals surface area contributed by atoms with E-state index in [1.165, 1.54) is 12.1 Å². The number of carboxylic acid groups (broad SMARTS) is 1. The van der Waals surface area contributed by atoms with E-state index in [0.29, 0.717) is 49.1 Å². The van der Waals surface area contributed by atoms with E-state index in [9.17, 15) is 14.3 Å². The summed E-state index contributed by atoms with van der Waals surface area (Å²) in [6.45, 7) is 8.68. The number of carboxylic acids is 1. The number of ether oxygens (including phenoxy) is 2. The lowest BCUT2D eigenvalue weighted by Gasteiger charge is -2.33. The van der Waals surface area contributed by atoms with Crippen LogP contribution >= 0.6 is 11.6 Å². The van der Waals surface area contributed by atoms with Crippen LogP contribution < -0.4 is 4.74 Å². The molecule has 9 nitrogen and oxygen atoms in total. The molecule has 0 spiro atoms. The minimum atomic E-state index is -0.960. The lowest BCUT2D eigenvalue weighted by molar-refractivity contribution is 0.0297. The zero-order chi connectivity index (χ0) is 35.6. The number of piperazine rings is 1. The largest absolute Gasteiger partial charge is 0.493 e. The summed E-state index contributed by atoms with van der Waals surface area (Å²) < 4.78 is 30.6. The number of fused-ring (bicyclic) bond motifs is 3. The number of aromatic nitrogens is 3. The predicted octanol–water partition coefficient (Wildman–Crippen LogP) is 7.75. The summed E-state index contributed by atoms with van der Waals surface area (Å²) in [5.41, 5.74) is 5.62. The van der Waals surface area contributed by atoms with Crippen molar-refractivity contribution in [3.8, 4) is 16.9 Å². The van der Waals surface area contributed by atoms with Crippen molar-refractivity contribution in [2.45, 2.75) is 58.1 Å². The van der Waals surface area contributed by atoms with Crippen molar-refractivity contribution < 1.29 is 23.8 Å². The van der Waals surface area contributed by atoms with Crippen LogP contribution in [0.15, 0.2) is 48.5 Å². The first kappa shape index (κ1) is 35.4. The molecule has 7 rings (SSSR count). The third-order valence-corrected chi connectivity index (χ3v) is 10.9. The Morgan fingerprint density at radius 2 is 1.84 bits per heavy atom. The second kappa shape index (κ2) is 15.3. The third-order valence-electron chi connectivity index (χ3n) is 10.6. The topological polar surface area (TPSA) is 85.0 Å². The van der Waals surface area contributed by atoms with E-state index in [1.807, 2.05) is 46.6 Å². The van der Waals surface area contributed by atoms with Gasteiger partial charge in [0.15, 0.2) is 0 Å². The molecule has 3 aromatic carbocycles. The van der Waals surface area contributed by atoms with Crippen LogP contribution in [-0.2, 0) is 31.2 Å². The Bertz CT molecular complexity index is 2050. The first-order valence-electron chi connectivity index (χ1n) is 18.2. The third kappa shape index (κ3) is 7.11. The van der Waals surface area contributed by atoms with Gasteiger partial charge >= 0.3 is 5.97 Å². The smallest absolute Gasteiger partial charge is 0.352 e. The molecule has 1 fully saturated rings. The summed E-state index contributed by atoms with van der Waals surface area (Å²) in [7, 11) is 4.14. The highest BCUT2D eigenvalue weighted by Crippen LogP contribution is 2.45. The molecule has 0 bridgehead atoms. The predicted molar refractivity (Wildman–Crippen MR) is 200 cm³/mol. The maximum Gasteiger partial charge on any atom is 0.352 e. The van der Waals surface area contributed by atoms with Gasteiger partial charge in [-0.25, -0.2) is 9.18 Å². The average molecular weight is 716 g/mol. The van der Waals surface area contributed by atoms with E-state index < -0.39 is 5.97 Å². The molecule has 0 amide bonds. The Kier molecular flexibility index (Phi) is 10.7. The highest BCUT2D eigenvalue weighted by Gasteiger charge is 2.32. The number of halogens is 2. The molecule has 11 heteroatoms. The number of hydrogen-bond donors (Lipinski definition) is 1. The monoisotopic (exact) mass is 715 g/mol. The lowest BCUT2D eigenvalue weighted by atomic mass is 9.94. The minimum Gasteiger partial charge on any atom is -0.493 e. The van der Waals surface area contributed by atoms with Crippen molar-refractivity contribution in [1.29, 1.82) is 0 Å². The van der Waals surface area contributed by atoms with Crippen LogP contribution in [0.5, 0.6) is 5.75 Å². The van der Waals surface area contributed by atoms with Crippen molar-refractivity contribution in [3.63, 3.8) is 0 Å². The standard InChI is InChI=1S/C40H47ClFN5O4/c1-4-32-36-35-31(41)15-14-30-29(10-8-24-50-33-11-7-9-26-25-27(42)12-13-28(26)33)39(40(48)49)47(38(30)35)17-5-6-23-51-34(37(36)43-45(32)3)16-18-46-21-19-44(2)20-22-46/h7,9,11-15,25,34H,4-6,8,10,16-24H2,1-3H3,(H,48,49). The minimum absolute atomic E-state index is 0.222. The molecule has 1 atom stereocenters. The Hall–Kier alpha value is -3.96. The highest BCUT2D eigenvalue weighted by molar-refractivity contribution is 6.35. The number of likely N-dealkylation sites (N-methyl/N-ethyl adjacent to an activating group) is 1. The van der Waals surface area contributed by atoms with Gasteiger partial charge in [0.2, 0.25) is 0 Å². The van der Waals surface area contributed by atoms with E-state index in [0.717, 1.165) is 108 Å². The summed E-state index contributed by atoms with van der Waals surface area (Å²) in [6, 6.07) is 14.1. The van der Waals surface area contributed by atoms with Crippen molar-refractivity contribution in [2.75, 3.05) is 53.0 Å². The lowest BCUT2D eigenvalue weighted by Crippen LogP contribution is -2.44. The molecule has 2 aliphatic heterocycles. The fourth-order valence-electron chi connectivity index (χ4n) is 7.99. The molecular weight excluding hydrogens is 669 g/mol. The number of nitrogens with zero attached hydrogens (tertiary/aromatic N) is 5. The molecule has 270 valence electrons. The quantitative estimate of drug-likeness (QED) is 0.148. The van der Waals surface area contributed by atoms with Crippen LogP contribution in [0.2, 0.25) is 5.02 Å². The second-order valence-corrected chi connectivity index (χ2v) is 14.3. The molecule has 0 aliphatic carbocycles. The Morgan fingerprint density at radius 3 is 2.63 bits per heavy atom. The van der Waals surface area contributed by atoms with Crippen molar-refractivity contribution in [2.24, 2.45) is 7.05 Å². The maximum absolute atomic E-state index is 13.8. The average Bonchev–Trinajstić information content (AvgIpc) is 3.60. The van der Waals surface area contributed by atoms with Gasteiger partial charge in [-0.2, -0.15) is 5.10 Å². The number of aromatic carboxylic acids is 1. The van der Waals surface area contributed by atoms with Gasteiger partial charge in [-0.15, -0.1) is 0 Å². The van der Waals surface area contributed by atoms with E-state index in [-0.39, 0.29) is 11.9 Å². The summed E-state index contributed by atoms with van der Waals surface area (Å²) >= 11 is 7.19. The number of aryl methyl sites for hydroxylation is 3. The molecular formula is C40H47ClFN5O4. The van der Waals surface area contributed by atoms with E-state index >= 15 is 0 Å². The number of hydrogen-bond acceptors (Lipinski definition) is 6. The number of rotatable bonds is 10. The summed E-state index contributed by atoms with van der Waals surface area (Å²) in [6.07, 6.45) is 3.97. The Morgan fingerprint density at radius 1 is 1.04 bits per heavy atom. The van der Waals surface area contributed by atoms with Crippen molar-refractivity contribution >= 4 is 39.2 Å². The zero-order valence-electron chi connectivity index (χ0n) is 29.8. The molecule has 1 unspecified atom stereocenters. The van der Waals surface area contributed by atoms with Crippen molar-refractivity contribution in [1.82, 2.24) is 24.1 Å². The van der Waals surface area contributed by atoms with Gasteiger partial charge in [0.25, 0.3) is 0 Å². The SMILES string of the molecule is CCc1c2c(nn1C)C(CCN1CCN(C)CC1)OCCCCn1c(C(=O)O)c(CCCOc3cccc4cc(F)ccc34)c3ccc(Cl)c-2c31. The molecule has 2 aliphatic rings. The fourth-order valence-corrected chi connectivity index (χ4v) is 8.23. The van der Waals surface area contributed by atoms with E-state index in [4.69, 9.17) is 26.2 Å². The first-order valence-corrected chi connectivity index (χ1v) is 18.6. The van der Waals surface area contributed by atoms with Gasteiger partial charge in [0.1, 0.15) is 23.4 Å². The van der Waals surface area contributed by atoms with Crippen LogP contribution in [0, 0.1) is 5.82 Å². The summed E-state index contributed by atoms with van der Waals surface area (Å²) in [5, 5.41) is 18.9. The molecule has 0 radical (unpaired) electrons. The van der Waals surface area contributed by atoms with Crippen molar-refractivity contribution in [3.05, 3.63) is 82.0 Å². The molecule has 0 saturated carbocycles. The number of carbonyl (C=O) groups is 1. The van der Waals surface area contributed by atoms with Crippen LogP contribution in [0.25, 0.3) is 32.8 Å². The molecule has 1 N–H and O–H groups in total. The fraction of sp³-hybridized carbons (Fsp3) is 0.450.